The van der Waals surface area contributed by atoms with Crippen LogP contribution in [0.4, 0.5) is 0 Å². The molecular formula is C11H22NO. The molecule has 0 unspecified atom stereocenters. The first kappa shape index (κ1) is 11.0. The molecule has 1 saturated heterocycles. The lowest BCUT2D eigenvalue weighted by Crippen LogP contribution is -2.35. The largest absolute Gasteiger partial charge is 0.385 e. The van der Waals surface area contributed by atoms with Gasteiger partial charge in [-0.25, -0.2) is 0 Å². The van der Waals surface area contributed by atoms with Gasteiger partial charge in [0.05, 0.1) is 0 Å². The van der Waals surface area contributed by atoms with E-state index in [0.29, 0.717) is 0 Å². The number of piperidine rings is 1. The van der Waals surface area contributed by atoms with Gasteiger partial charge in [0.1, 0.15) is 0 Å². The Morgan fingerprint density at radius 3 is 3.08 bits per heavy atom. The summed E-state index contributed by atoms with van der Waals surface area (Å²) in [4.78, 5) is 2.46. The molecule has 0 aliphatic carbocycles. The Morgan fingerprint density at radius 2 is 2.38 bits per heavy atom. The molecule has 1 rings (SSSR count). The number of nitrogens with zero attached hydrogens (tertiary/aromatic N) is 1. The standard InChI is InChI=1S/C11H22NO/c1-3-12-8-4-6-11(10-12)7-5-9-13-2/h11H,1,3-10H2,2H3/t11-/m0/s1. The number of ether oxygens (including phenoxy) is 1. The number of likely N-dealkylation sites (tertiary alicyclic amines) is 1. The van der Waals surface area contributed by atoms with Crippen molar-refractivity contribution in [3.63, 3.8) is 0 Å². The van der Waals surface area contributed by atoms with E-state index in [1.54, 1.807) is 7.11 Å². The van der Waals surface area contributed by atoms with Gasteiger partial charge in [0, 0.05) is 20.3 Å². The van der Waals surface area contributed by atoms with Crippen LogP contribution >= 0.6 is 0 Å². The number of methoxy groups -OCH3 is 1. The topological polar surface area (TPSA) is 12.5 Å². The van der Waals surface area contributed by atoms with Gasteiger partial charge in [-0.15, -0.1) is 0 Å². The summed E-state index contributed by atoms with van der Waals surface area (Å²) in [6.07, 6.45) is 5.30. The van der Waals surface area contributed by atoms with E-state index < -0.39 is 0 Å². The van der Waals surface area contributed by atoms with Crippen molar-refractivity contribution in [3.8, 4) is 0 Å². The fourth-order valence-corrected chi connectivity index (χ4v) is 2.11. The van der Waals surface area contributed by atoms with Crippen LogP contribution in [0.5, 0.6) is 0 Å². The molecule has 1 heterocycles. The molecule has 0 spiro atoms. The molecule has 2 heteroatoms. The quantitative estimate of drug-likeness (QED) is 0.606. The predicted molar refractivity (Wildman–Crippen MR) is 55.6 cm³/mol. The Hall–Kier alpha value is -0.0800. The van der Waals surface area contributed by atoms with Gasteiger partial charge in [0.2, 0.25) is 0 Å². The van der Waals surface area contributed by atoms with Crippen LogP contribution in [0, 0.1) is 12.8 Å². The molecule has 77 valence electrons. The number of hydrogen-bond acceptors (Lipinski definition) is 2. The van der Waals surface area contributed by atoms with Crippen molar-refractivity contribution in [2.45, 2.75) is 25.7 Å². The normalized spacial score (nSPS) is 24.9. The highest BCUT2D eigenvalue weighted by atomic mass is 16.5. The van der Waals surface area contributed by atoms with Gasteiger partial charge in [-0.1, -0.05) is 0 Å². The van der Waals surface area contributed by atoms with Crippen molar-refractivity contribution in [1.29, 1.82) is 0 Å². The summed E-state index contributed by atoms with van der Waals surface area (Å²) in [5.41, 5.74) is 0. The van der Waals surface area contributed by atoms with Crippen LogP contribution in [0.15, 0.2) is 0 Å². The third kappa shape index (κ3) is 4.10. The summed E-state index contributed by atoms with van der Waals surface area (Å²) in [5, 5.41) is 0. The van der Waals surface area contributed by atoms with Gasteiger partial charge in [0.15, 0.2) is 0 Å². The molecule has 1 aliphatic rings. The average Bonchev–Trinajstić information content (AvgIpc) is 2.19. The fraction of sp³-hybridized carbons (Fsp3) is 0.909. The molecule has 0 bridgehead atoms. The Bertz CT molecular complexity index is 127. The van der Waals surface area contributed by atoms with E-state index in [9.17, 15) is 0 Å². The predicted octanol–water partition coefficient (Wildman–Crippen LogP) is 1.96. The molecule has 0 aromatic carbocycles. The van der Waals surface area contributed by atoms with E-state index in [2.05, 4.69) is 11.8 Å². The zero-order valence-electron chi connectivity index (χ0n) is 8.80. The monoisotopic (exact) mass is 184 g/mol. The van der Waals surface area contributed by atoms with Crippen molar-refractivity contribution in [1.82, 2.24) is 4.90 Å². The number of hydrogen-bond donors (Lipinski definition) is 0. The zero-order chi connectivity index (χ0) is 9.52. The molecule has 13 heavy (non-hydrogen) atoms. The maximum Gasteiger partial charge on any atom is 0.0462 e. The van der Waals surface area contributed by atoms with Crippen LogP contribution in [-0.4, -0.2) is 38.3 Å². The summed E-state index contributed by atoms with van der Waals surface area (Å²) in [6.45, 7) is 8.34. The minimum atomic E-state index is 0.894. The van der Waals surface area contributed by atoms with Crippen molar-refractivity contribution >= 4 is 0 Å². The zero-order valence-corrected chi connectivity index (χ0v) is 8.80. The maximum absolute atomic E-state index is 5.06. The molecule has 1 fully saturated rings. The van der Waals surface area contributed by atoms with Crippen molar-refractivity contribution in [2.24, 2.45) is 5.92 Å². The summed E-state index contributed by atoms with van der Waals surface area (Å²) in [6, 6.07) is 0. The summed E-state index contributed by atoms with van der Waals surface area (Å²) >= 11 is 0. The van der Waals surface area contributed by atoms with E-state index in [4.69, 9.17) is 4.74 Å². The second kappa shape index (κ2) is 6.39. The van der Waals surface area contributed by atoms with E-state index in [1.807, 2.05) is 0 Å². The molecule has 2 nitrogen and oxygen atoms in total. The highest BCUT2D eigenvalue weighted by molar-refractivity contribution is 4.73. The lowest BCUT2D eigenvalue weighted by molar-refractivity contribution is 0.155. The van der Waals surface area contributed by atoms with Crippen LogP contribution in [0.2, 0.25) is 0 Å². The lowest BCUT2D eigenvalue weighted by Gasteiger charge is -2.31. The van der Waals surface area contributed by atoms with Gasteiger partial charge in [-0.05, 0) is 51.6 Å². The Kier molecular flexibility index (Phi) is 5.40. The summed E-state index contributed by atoms with van der Waals surface area (Å²) in [5.74, 6) is 0.894. The van der Waals surface area contributed by atoms with Crippen molar-refractivity contribution in [2.75, 3.05) is 33.4 Å². The third-order valence-electron chi connectivity index (χ3n) is 2.88. The Labute approximate surface area is 82.3 Å². The van der Waals surface area contributed by atoms with E-state index in [0.717, 1.165) is 19.1 Å². The number of rotatable bonds is 5. The second-order valence-corrected chi connectivity index (χ2v) is 3.94. The van der Waals surface area contributed by atoms with Crippen LogP contribution in [0.1, 0.15) is 25.7 Å². The van der Waals surface area contributed by atoms with Gasteiger partial charge in [0.25, 0.3) is 0 Å². The van der Waals surface area contributed by atoms with E-state index in [-0.39, 0.29) is 0 Å². The first-order valence-corrected chi connectivity index (χ1v) is 5.37. The third-order valence-corrected chi connectivity index (χ3v) is 2.88. The second-order valence-electron chi connectivity index (χ2n) is 3.94. The maximum atomic E-state index is 5.06. The first-order valence-electron chi connectivity index (χ1n) is 5.37. The van der Waals surface area contributed by atoms with Crippen LogP contribution in [0.25, 0.3) is 0 Å². The van der Waals surface area contributed by atoms with E-state index >= 15 is 0 Å². The highest BCUT2D eigenvalue weighted by Gasteiger charge is 2.17. The Balaban J connectivity index is 2.11. The van der Waals surface area contributed by atoms with Crippen molar-refractivity contribution in [3.05, 3.63) is 6.92 Å². The smallest absolute Gasteiger partial charge is 0.0462 e. The Morgan fingerprint density at radius 1 is 1.54 bits per heavy atom. The molecule has 0 saturated carbocycles. The molecule has 0 aromatic rings. The van der Waals surface area contributed by atoms with Gasteiger partial charge in [-0.2, -0.15) is 0 Å². The minimum Gasteiger partial charge on any atom is -0.385 e. The fourth-order valence-electron chi connectivity index (χ4n) is 2.11. The minimum absolute atomic E-state index is 0.894. The van der Waals surface area contributed by atoms with Crippen LogP contribution in [-0.2, 0) is 4.74 Å². The van der Waals surface area contributed by atoms with E-state index in [1.165, 1.54) is 38.8 Å². The molecule has 0 aromatic heterocycles. The average molecular weight is 184 g/mol. The summed E-state index contributed by atoms with van der Waals surface area (Å²) < 4.78 is 5.06. The lowest BCUT2D eigenvalue weighted by atomic mass is 9.93. The molecule has 1 atom stereocenters. The van der Waals surface area contributed by atoms with Gasteiger partial charge < -0.3 is 9.64 Å². The molecule has 1 radical (unpaired) electrons. The van der Waals surface area contributed by atoms with Crippen LogP contribution in [0.3, 0.4) is 0 Å². The van der Waals surface area contributed by atoms with Gasteiger partial charge >= 0.3 is 0 Å². The van der Waals surface area contributed by atoms with Crippen LogP contribution < -0.4 is 0 Å². The molecule has 0 N–H and O–H groups in total. The van der Waals surface area contributed by atoms with Crippen molar-refractivity contribution < 1.29 is 4.74 Å². The summed E-state index contributed by atoms with van der Waals surface area (Å²) in [7, 11) is 1.78. The first-order chi connectivity index (χ1) is 6.36. The SMILES string of the molecule is [CH2]CN1CCC[C@@H](CCCOC)C1. The highest BCUT2D eigenvalue weighted by Crippen LogP contribution is 2.20. The molecule has 0 amide bonds. The molecular weight excluding hydrogens is 162 g/mol. The van der Waals surface area contributed by atoms with Gasteiger partial charge in [-0.3, -0.25) is 0 Å². The molecule has 1 aliphatic heterocycles.